The zero-order valence-electron chi connectivity index (χ0n) is 14.5. The SMILES string of the molecule is CCc1c(C(C)=O)cccc1C1CCN(CC(O)COC)CC1. The zero-order chi connectivity index (χ0) is 16.8. The number of methoxy groups -OCH3 is 1. The van der Waals surface area contributed by atoms with Gasteiger partial charge in [0.05, 0.1) is 12.7 Å². The van der Waals surface area contributed by atoms with Crippen molar-refractivity contribution in [2.75, 3.05) is 33.4 Å². The molecule has 0 bridgehead atoms. The highest BCUT2D eigenvalue weighted by atomic mass is 16.5. The maximum absolute atomic E-state index is 11.8. The monoisotopic (exact) mass is 319 g/mol. The molecule has 1 unspecified atom stereocenters. The van der Waals surface area contributed by atoms with Crippen LogP contribution in [-0.4, -0.2) is 55.2 Å². The van der Waals surface area contributed by atoms with E-state index in [0.29, 0.717) is 19.1 Å². The first-order valence-corrected chi connectivity index (χ1v) is 8.58. The first-order valence-electron chi connectivity index (χ1n) is 8.58. The van der Waals surface area contributed by atoms with Gasteiger partial charge >= 0.3 is 0 Å². The number of carbonyl (C=O) groups excluding carboxylic acids is 1. The molecule has 1 aliphatic rings. The van der Waals surface area contributed by atoms with E-state index in [0.717, 1.165) is 37.9 Å². The maximum atomic E-state index is 11.8. The number of carbonyl (C=O) groups is 1. The number of Topliss-reactive ketones (excluding diaryl/α,β-unsaturated/α-hetero) is 1. The van der Waals surface area contributed by atoms with Crippen LogP contribution < -0.4 is 0 Å². The summed E-state index contributed by atoms with van der Waals surface area (Å²) in [7, 11) is 1.61. The Hall–Kier alpha value is -1.23. The number of likely N-dealkylation sites (tertiary alicyclic amines) is 1. The summed E-state index contributed by atoms with van der Waals surface area (Å²) in [5, 5.41) is 9.86. The third-order valence-electron chi connectivity index (χ3n) is 4.80. The van der Waals surface area contributed by atoms with Gasteiger partial charge in [0, 0.05) is 19.2 Å². The molecule has 1 N–H and O–H groups in total. The van der Waals surface area contributed by atoms with Crippen molar-refractivity contribution in [1.29, 1.82) is 0 Å². The fourth-order valence-electron chi connectivity index (χ4n) is 3.68. The van der Waals surface area contributed by atoms with Crippen LogP contribution in [0.25, 0.3) is 0 Å². The lowest BCUT2D eigenvalue weighted by atomic mass is 9.83. The summed E-state index contributed by atoms with van der Waals surface area (Å²) in [6.45, 7) is 6.81. The lowest BCUT2D eigenvalue weighted by Crippen LogP contribution is -2.39. The molecule has 0 saturated carbocycles. The van der Waals surface area contributed by atoms with Crippen molar-refractivity contribution in [2.24, 2.45) is 0 Å². The Labute approximate surface area is 139 Å². The number of aliphatic hydroxyl groups excluding tert-OH is 1. The normalized spacial score (nSPS) is 18.1. The molecule has 0 aliphatic carbocycles. The van der Waals surface area contributed by atoms with Gasteiger partial charge in [-0.2, -0.15) is 0 Å². The number of hydrogen-bond acceptors (Lipinski definition) is 4. The number of piperidine rings is 1. The molecule has 1 fully saturated rings. The predicted molar refractivity (Wildman–Crippen MR) is 92.1 cm³/mol. The van der Waals surface area contributed by atoms with Gasteiger partial charge < -0.3 is 14.7 Å². The van der Waals surface area contributed by atoms with Crippen molar-refractivity contribution in [2.45, 2.75) is 45.1 Å². The number of ether oxygens (including phenoxy) is 1. The van der Waals surface area contributed by atoms with Crippen molar-refractivity contribution >= 4 is 5.78 Å². The average Bonchev–Trinajstić information content (AvgIpc) is 2.55. The number of benzene rings is 1. The molecule has 4 nitrogen and oxygen atoms in total. The quantitative estimate of drug-likeness (QED) is 0.785. The molecule has 1 aliphatic heterocycles. The lowest BCUT2D eigenvalue weighted by molar-refractivity contribution is 0.0320. The van der Waals surface area contributed by atoms with Crippen LogP contribution in [-0.2, 0) is 11.2 Å². The smallest absolute Gasteiger partial charge is 0.160 e. The minimum Gasteiger partial charge on any atom is -0.389 e. The molecule has 23 heavy (non-hydrogen) atoms. The average molecular weight is 319 g/mol. The Balaban J connectivity index is 2.03. The van der Waals surface area contributed by atoms with E-state index < -0.39 is 6.10 Å². The van der Waals surface area contributed by atoms with Crippen molar-refractivity contribution in [1.82, 2.24) is 4.90 Å². The zero-order valence-corrected chi connectivity index (χ0v) is 14.5. The van der Waals surface area contributed by atoms with Gasteiger partial charge in [-0.3, -0.25) is 4.79 Å². The summed E-state index contributed by atoms with van der Waals surface area (Å²) in [4.78, 5) is 14.2. The van der Waals surface area contributed by atoms with Gasteiger partial charge in [0.2, 0.25) is 0 Å². The van der Waals surface area contributed by atoms with Crippen LogP contribution >= 0.6 is 0 Å². The summed E-state index contributed by atoms with van der Waals surface area (Å²) in [5.41, 5.74) is 3.44. The Kier molecular flexibility index (Phi) is 6.75. The van der Waals surface area contributed by atoms with Crippen LogP contribution in [0.5, 0.6) is 0 Å². The van der Waals surface area contributed by atoms with Crippen molar-refractivity contribution in [3.8, 4) is 0 Å². The number of β-amino-alcohol motifs (C(OH)–C–C–N with tert-alkyl or cyclic N) is 1. The Morgan fingerprint density at radius 3 is 2.65 bits per heavy atom. The predicted octanol–water partition coefficient (Wildman–Crippen LogP) is 2.64. The van der Waals surface area contributed by atoms with Gasteiger partial charge in [-0.1, -0.05) is 25.1 Å². The summed E-state index contributed by atoms with van der Waals surface area (Å²) in [5.74, 6) is 0.670. The van der Waals surface area contributed by atoms with Gasteiger partial charge in [-0.05, 0) is 56.3 Å². The Morgan fingerprint density at radius 1 is 1.39 bits per heavy atom. The largest absolute Gasteiger partial charge is 0.389 e. The van der Waals surface area contributed by atoms with Crippen LogP contribution in [0.2, 0.25) is 0 Å². The molecule has 1 saturated heterocycles. The summed E-state index contributed by atoms with van der Waals surface area (Å²) < 4.78 is 4.99. The fraction of sp³-hybridized carbons (Fsp3) is 0.632. The number of nitrogens with zero attached hydrogens (tertiary/aromatic N) is 1. The van der Waals surface area contributed by atoms with Crippen molar-refractivity contribution in [3.63, 3.8) is 0 Å². The van der Waals surface area contributed by atoms with E-state index in [2.05, 4.69) is 17.9 Å². The van der Waals surface area contributed by atoms with E-state index >= 15 is 0 Å². The Morgan fingerprint density at radius 2 is 2.09 bits per heavy atom. The molecule has 0 aromatic heterocycles. The first-order chi connectivity index (χ1) is 11.1. The van der Waals surface area contributed by atoms with Crippen molar-refractivity contribution < 1.29 is 14.6 Å². The minimum absolute atomic E-state index is 0.156. The number of ketones is 1. The number of hydrogen-bond donors (Lipinski definition) is 1. The second kappa shape index (κ2) is 8.57. The van der Waals surface area contributed by atoms with E-state index in [4.69, 9.17) is 4.74 Å². The summed E-state index contributed by atoms with van der Waals surface area (Å²) in [6, 6.07) is 6.15. The van der Waals surface area contributed by atoms with E-state index in [1.807, 2.05) is 12.1 Å². The van der Waals surface area contributed by atoms with Gasteiger partial charge in [-0.25, -0.2) is 0 Å². The third kappa shape index (κ3) is 4.63. The topological polar surface area (TPSA) is 49.8 Å². The van der Waals surface area contributed by atoms with Crippen LogP contribution in [0.1, 0.15) is 54.1 Å². The highest BCUT2D eigenvalue weighted by molar-refractivity contribution is 5.95. The molecule has 1 heterocycles. The van der Waals surface area contributed by atoms with E-state index in [-0.39, 0.29) is 5.78 Å². The Bertz CT molecular complexity index is 521. The summed E-state index contributed by atoms with van der Waals surface area (Å²) in [6.07, 6.45) is 2.64. The molecule has 1 aromatic rings. The fourth-order valence-corrected chi connectivity index (χ4v) is 3.68. The van der Waals surface area contributed by atoms with E-state index in [1.165, 1.54) is 11.1 Å². The van der Waals surface area contributed by atoms with Gasteiger partial charge in [0.15, 0.2) is 5.78 Å². The van der Waals surface area contributed by atoms with E-state index in [9.17, 15) is 9.90 Å². The second-order valence-corrected chi connectivity index (χ2v) is 6.47. The number of aliphatic hydroxyl groups is 1. The molecule has 2 rings (SSSR count). The first kappa shape index (κ1) is 18.1. The lowest BCUT2D eigenvalue weighted by Gasteiger charge is -2.34. The molecular weight excluding hydrogens is 290 g/mol. The van der Waals surface area contributed by atoms with Crippen LogP contribution in [0, 0.1) is 0 Å². The van der Waals surface area contributed by atoms with Gasteiger partial charge in [-0.15, -0.1) is 0 Å². The van der Waals surface area contributed by atoms with Crippen LogP contribution in [0.15, 0.2) is 18.2 Å². The maximum Gasteiger partial charge on any atom is 0.160 e. The van der Waals surface area contributed by atoms with Crippen LogP contribution in [0.3, 0.4) is 0 Å². The van der Waals surface area contributed by atoms with Gasteiger partial charge in [0.1, 0.15) is 0 Å². The highest BCUT2D eigenvalue weighted by Crippen LogP contribution is 2.32. The molecule has 0 spiro atoms. The third-order valence-corrected chi connectivity index (χ3v) is 4.80. The van der Waals surface area contributed by atoms with Crippen LogP contribution in [0.4, 0.5) is 0 Å². The molecule has 4 heteroatoms. The van der Waals surface area contributed by atoms with E-state index in [1.54, 1.807) is 14.0 Å². The molecule has 1 aromatic carbocycles. The molecule has 0 amide bonds. The summed E-state index contributed by atoms with van der Waals surface area (Å²) >= 11 is 0. The minimum atomic E-state index is -0.413. The molecular formula is C19H29NO3. The van der Waals surface area contributed by atoms with Crippen molar-refractivity contribution in [3.05, 3.63) is 34.9 Å². The molecule has 128 valence electrons. The molecule has 1 atom stereocenters. The standard InChI is InChI=1S/C19H29NO3/c1-4-17-18(14(2)21)6-5-7-19(17)15-8-10-20(11-9-15)12-16(22)13-23-3/h5-7,15-16,22H,4,8-13H2,1-3H3. The highest BCUT2D eigenvalue weighted by Gasteiger charge is 2.24. The second-order valence-electron chi connectivity index (χ2n) is 6.47. The number of rotatable bonds is 7. The molecule has 0 radical (unpaired) electrons. The van der Waals surface area contributed by atoms with Gasteiger partial charge in [0.25, 0.3) is 0 Å².